The van der Waals surface area contributed by atoms with Crippen molar-refractivity contribution in [1.29, 1.82) is 0 Å². The van der Waals surface area contributed by atoms with Crippen molar-refractivity contribution in [3.8, 4) is 0 Å². The summed E-state index contributed by atoms with van der Waals surface area (Å²) in [5.41, 5.74) is 1.23. The number of carbonyl (C=O) groups is 3. The van der Waals surface area contributed by atoms with Gasteiger partial charge in [-0.3, -0.25) is 14.4 Å². The third-order valence-corrected chi connectivity index (χ3v) is 5.93. The predicted molar refractivity (Wildman–Crippen MR) is 117 cm³/mol. The minimum Gasteiger partial charge on any atom is -0.368 e. The number of ether oxygens (including phenoxy) is 1. The van der Waals surface area contributed by atoms with E-state index in [1.165, 1.54) is 12.1 Å². The summed E-state index contributed by atoms with van der Waals surface area (Å²) in [4.78, 5) is 41.2. The standard InChI is InChI=1S/C23H23ClFN3O4/c24-19-14-16(25)6-7-18(19)23(31)28-10-8-27(9-11-28)22(30)15-3-1-4-17(13-15)26-21(29)20-5-2-12-32-20/h1,3-4,6-7,13-14,20H,2,5,8-12H2,(H,26,29). The number of carbonyl (C=O) groups excluding carboxylic acids is 3. The Bertz CT molecular complexity index is 1030. The maximum Gasteiger partial charge on any atom is 0.255 e. The van der Waals surface area contributed by atoms with Gasteiger partial charge in [-0.15, -0.1) is 0 Å². The van der Waals surface area contributed by atoms with Crippen LogP contribution in [0.2, 0.25) is 5.02 Å². The van der Waals surface area contributed by atoms with E-state index in [-0.39, 0.29) is 28.3 Å². The molecule has 2 aliphatic heterocycles. The highest BCUT2D eigenvalue weighted by Crippen LogP contribution is 2.21. The lowest BCUT2D eigenvalue weighted by Crippen LogP contribution is -2.50. The molecule has 3 amide bonds. The first kappa shape index (κ1) is 22.2. The molecule has 9 heteroatoms. The van der Waals surface area contributed by atoms with Gasteiger partial charge in [-0.2, -0.15) is 0 Å². The predicted octanol–water partition coefficient (Wildman–Crippen LogP) is 3.19. The molecule has 7 nitrogen and oxygen atoms in total. The van der Waals surface area contributed by atoms with E-state index in [4.69, 9.17) is 16.3 Å². The molecular weight excluding hydrogens is 437 g/mol. The van der Waals surface area contributed by atoms with Crippen LogP contribution in [0.4, 0.5) is 10.1 Å². The fourth-order valence-corrected chi connectivity index (χ4v) is 4.11. The SMILES string of the molecule is O=C(Nc1cccc(C(=O)N2CCN(C(=O)c3ccc(F)cc3Cl)CC2)c1)C1CCCO1. The molecule has 1 N–H and O–H groups in total. The van der Waals surface area contributed by atoms with Gasteiger partial charge in [0.1, 0.15) is 11.9 Å². The monoisotopic (exact) mass is 459 g/mol. The van der Waals surface area contributed by atoms with Crippen molar-refractivity contribution in [2.45, 2.75) is 18.9 Å². The quantitative estimate of drug-likeness (QED) is 0.761. The van der Waals surface area contributed by atoms with E-state index >= 15 is 0 Å². The molecule has 2 saturated heterocycles. The fourth-order valence-electron chi connectivity index (χ4n) is 3.87. The number of nitrogens with one attached hydrogen (secondary N) is 1. The van der Waals surface area contributed by atoms with Crippen molar-refractivity contribution in [2.75, 3.05) is 38.1 Å². The van der Waals surface area contributed by atoms with Crippen LogP contribution >= 0.6 is 11.6 Å². The zero-order chi connectivity index (χ0) is 22.7. The van der Waals surface area contributed by atoms with Crippen molar-refractivity contribution in [3.63, 3.8) is 0 Å². The molecule has 0 spiro atoms. The summed E-state index contributed by atoms with van der Waals surface area (Å²) in [6.45, 7) is 1.98. The van der Waals surface area contributed by atoms with Gasteiger partial charge in [0.25, 0.3) is 17.7 Å². The van der Waals surface area contributed by atoms with Crippen LogP contribution in [0.3, 0.4) is 0 Å². The summed E-state index contributed by atoms with van der Waals surface area (Å²) in [5.74, 6) is -1.18. The average Bonchev–Trinajstić information content (AvgIpc) is 3.34. The van der Waals surface area contributed by atoms with Gasteiger partial charge in [-0.1, -0.05) is 17.7 Å². The van der Waals surface area contributed by atoms with Gasteiger partial charge in [0.05, 0.1) is 10.6 Å². The summed E-state index contributed by atoms with van der Waals surface area (Å²) in [6, 6.07) is 10.5. The van der Waals surface area contributed by atoms with Gasteiger partial charge < -0.3 is 19.9 Å². The minimum absolute atomic E-state index is 0.0652. The lowest BCUT2D eigenvalue weighted by molar-refractivity contribution is -0.124. The molecule has 2 fully saturated rings. The fraction of sp³-hybridized carbons (Fsp3) is 0.348. The van der Waals surface area contributed by atoms with Crippen LogP contribution in [0, 0.1) is 5.82 Å². The van der Waals surface area contributed by atoms with Crippen molar-refractivity contribution in [2.24, 2.45) is 0 Å². The van der Waals surface area contributed by atoms with Crippen LogP contribution in [0.1, 0.15) is 33.6 Å². The van der Waals surface area contributed by atoms with E-state index in [1.807, 2.05) is 0 Å². The Hall–Kier alpha value is -2.97. The molecule has 32 heavy (non-hydrogen) atoms. The van der Waals surface area contributed by atoms with Crippen molar-refractivity contribution < 1.29 is 23.5 Å². The number of benzene rings is 2. The van der Waals surface area contributed by atoms with Gasteiger partial charge in [0.15, 0.2) is 0 Å². The Kier molecular flexibility index (Phi) is 6.72. The lowest BCUT2D eigenvalue weighted by Gasteiger charge is -2.35. The molecule has 2 aromatic carbocycles. The van der Waals surface area contributed by atoms with Gasteiger partial charge in [0, 0.05) is 44.0 Å². The second kappa shape index (κ2) is 9.67. The summed E-state index contributed by atoms with van der Waals surface area (Å²) in [7, 11) is 0. The number of hydrogen-bond donors (Lipinski definition) is 1. The molecule has 0 radical (unpaired) electrons. The molecule has 0 aromatic heterocycles. The number of amides is 3. The first-order chi connectivity index (χ1) is 15.4. The Morgan fingerprint density at radius 2 is 1.72 bits per heavy atom. The summed E-state index contributed by atoms with van der Waals surface area (Å²) in [6.07, 6.45) is 1.10. The van der Waals surface area contributed by atoms with Crippen LogP contribution in [-0.2, 0) is 9.53 Å². The number of piperazine rings is 1. The van der Waals surface area contributed by atoms with Gasteiger partial charge in [-0.05, 0) is 49.2 Å². The molecule has 2 heterocycles. The summed E-state index contributed by atoms with van der Waals surface area (Å²) >= 11 is 6.01. The maximum atomic E-state index is 13.2. The Labute approximate surface area is 190 Å². The summed E-state index contributed by atoms with van der Waals surface area (Å²) < 4.78 is 18.6. The third-order valence-electron chi connectivity index (χ3n) is 5.61. The molecular formula is C23H23ClFN3O4. The van der Waals surface area contributed by atoms with Crippen LogP contribution in [0.15, 0.2) is 42.5 Å². The van der Waals surface area contributed by atoms with Crippen LogP contribution in [-0.4, -0.2) is 66.4 Å². The van der Waals surface area contributed by atoms with Crippen molar-refractivity contribution in [3.05, 3.63) is 64.4 Å². The Morgan fingerprint density at radius 3 is 2.38 bits per heavy atom. The third kappa shape index (κ3) is 4.92. The largest absolute Gasteiger partial charge is 0.368 e. The van der Waals surface area contributed by atoms with E-state index in [1.54, 1.807) is 34.1 Å². The smallest absolute Gasteiger partial charge is 0.255 e. The number of anilines is 1. The average molecular weight is 460 g/mol. The highest BCUT2D eigenvalue weighted by molar-refractivity contribution is 6.33. The van der Waals surface area contributed by atoms with Crippen LogP contribution in [0.25, 0.3) is 0 Å². The molecule has 0 bridgehead atoms. The first-order valence-electron chi connectivity index (χ1n) is 10.5. The number of nitrogens with zero attached hydrogens (tertiary/aromatic N) is 2. The molecule has 4 rings (SSSR count). The molecule has 2 aromatic rings. The maximum absolute atomic E-state index is 13.2. The highest BCUT2D eigenvalue weighted by atomic mass is 35.5. The molecule has 168 valence electrons. The van der Waals surface area contributed by atoms with E-state index in [0.29, 0.717) is 50.5 Å². The second-order valence-electron chi connectivity index (χ2n) is 7.78. The minimum atomic E-state index is -0.504. The van der Waals surface area contributed by atoms with E-state index in [0.717, 1.165) is 12.5 Å². The molecule has 1 atom stereocenters. The van der Waals surface area contributed by atoms with E-state index in [2.05, 4.69) is 5.32 Å². The topological polar surface area (TPSA) is 79.0 Å². The zero-order valence-corrected chi connectivity index (χ0v) is 18.1. The van der Waals surface area contributed by atoms with Gasteiger partial charge in [0.2, 0.25) is 0 Å². The molecule has 2 aliphatic rings. The van der Waals surface area contributed by atoms with Crippen LogP contribution in [0.5, 0.6) is 0 Å². The van der Waals surface area contributed by atoms with Crippen LogP contribution < -0.4 is 5.32 Å². The number of rotatable bonds is 4. The second-order valence-corrected chi connectivity index (χ2v) is 8.19. The number of halogens is 2. The molecule has 0 aliphatic carbocycles. The Balaban J connectivity index is 1.36. The van der Waals surface area contributed by atoms with Crippen molar-refractivity contribution in [1.82, 2.24) is 9.80 Å². The first-order valence-corrected chi connectivity index (χ1v) is 10.9. The Morgan fingerprint density at radius 1 is 1.00 bits per heavy atom. The zero-order valence-electron chi connectivity index (χ0n) is 17.4. The van der Waals surface area contributed by atoms with E-state index in [9.17, 15) is 18.8 Å². The lowest BCUT2D eigenvalue weighted by atomic mass is 10.1. The molecule has 1 unspecified atom stereocenters. The summed E-state index contributed by atoms with van der Waals surface area (Å²) in [5, 5.41) is 2.87. The van der Waals surface area contributed by atoms with Crippen molar-refractivity contribution >= 4 is 35.0 Å². The van der Waals surface area contributed by atoms with E-state index < -0.39 is 11.9 Å². The highest BCUT2D eigenvalue weighted by Gasteiger charge is 2.27. The van der Waals surface area contributed by atoms with Gasteiger partial charge in [-0.25, -0.2) is 4.39 Å². The van der Waals surface area contributed by atoms with Gasteiger partial charge >= 0.3 is 0 Å². The normalized spacial score (nSPS) is 18.5. The molecule has 0 saturated carbocycles. The number of hydrogen-bond acceptors (Lipinski definition) is 4.